The highest BCUT2D eigenvalue weighted by atomic mass is 14.2. The van der Waals surface area contributed by atoms with Crippen molar-refractivity contribution in [2.75, 3.05) is 0 Å². The summed E-state index contributed by atoms with van der Waals surface area (Å²) in [5, 5.41) is 10.2. The van der Waals surface area contributed by atoms with Crippen LogP contribution in [0, 0.1) is 0 Å². The number of hydrogen-bond acceptors (Lipinski definition) is 0. The Balaban J connectivity index is 1.53. The van der Waals surface area contributed by atoms with Crippen LogP contribution in [0.4, 0.5) is 0 Å². The van der Waals surface area contributed by atoms with E-state index in [2.05, 4.69) is 158 Å². The molecule has 8 rings (SSSR count). The molecule has 0 spiro atoms. The van der Waals surface area contributed by atoms with E-state index < -0.39 is 0 Å². The zero-order valence-corrected chi connectivity index (χ0v) is 22.0. The minimum absolute atomic E-state index is 1.24. The minimum atomic E-state index is 1.24. The van der Waals surface area contributed by atoms with Crippen LogP contribution in [-0.2, 0) is 0 Å². The summed E-state index contributed by atoms with van der Waals surface area (Å²) in [7, 11) is 0. The molecule has 0 amide bonds. The Hall–Kier alpha value is -5.20. The molecule has 0 aliphatic rings. The van der Waals surface area contributed by atoms with Crippen molar-refractivity contribution in [2.45, 2.75) is 0 Å². The molecule has 0 heterocycles. The summed E-state index contributed by atoms with van der Waals surface area (Å²) in [6.07, 6.45) is 0. The Morgan fingerprint density at radius 2 is 0.750 bits per heavy atom. The lowest BCUT2D eigenvalue weighted by atomic mass is 9.82. The average molecular weight is 507 g/mol. The van der Waals surface area contributed by atoms with E-state index >= 15 is 0 Å². The fourth-order valence-electron chi connectivity index (χ4n) is 6.47. The quantitative estimate of drug-likeness (QED) is 0.209. The maximum Gasteiger partial charge on any atom is -0.00199 e. The highest BCUT2D eigenvalue weighted by Crippen LogP contribution is 2.47. The SMILES string of the molecule is c1ccc(-c2c(-c3c4ccccc4c(-c4ccc5ccccc5c4)c4ccccc34)ccc3ccccc23)cc1. The van der Waals surface area contributed by atoms with Gasteiger partial charge in [0.1, 0.15) is 0 Å². The molecule has 0 saturated carbocycles. The second-order valence-electron chi connectivity index (χ2n) is 10.5. The summed E-state index contributed by atoms with van der Waals surface area (Å²) in [6.45, 7) is 0. The largest absolute Gasteiger partial charge is 0.0622 e. The summed E-state index contributed by atoms with van der Waals surface area (Å²) in [4.78, 5) is 0. The first-order valence-corrected chi connectivity index (χ1v) is 13.9. The monoisotopic (exact) mass is 506 g/mol. The lowest BCUT2D eigenvalue weighted by molar-refractivity contribution is 1.63. The molecule has 0 fully saturated rings. The smallest absolute Gasteiger partial charge is 0.00199 e. The van der Waals surface area contributed by atoms with Crippen LogP contribution in [0.15, 0.2) is 158 Å². The Bertz CT molecular complexity index is 2150. The number of rotatable bonds is 3. The molecule has 0 radical (unpaired) electrons. The molecule has 8 aromatic carbocycles. The highest BCUT2D eigenvalue weighted by Gasteiger charge is 2.20. The lowest BCUT2D eigenvalue weighted by Crippen LogP contribution is -1.93. The fourth-order valence-corrected chi connectivity index (χ4v) is 6.47. The molecule has 0 aromatic heterocycles. The van der Waals surface area contributed by atoms with E-state index in [-0.39, 0.29) is 0 Å². The molecule has 0 atom stereocenters. The summed E-state index contributed by atoms with van der Waals surface area (Å²) in [6, 6.07) is 57.5. The third-order valence-electron chi connectivity index (χ3n) is 8.23. The molecule has 0 aliphatic carbocycles. The molecule has 40 heavy (non-hydrogen) atoms. The van der Waals surface area contributed by atoms with Gasteiger partial charge in [-0.15, -0.1) is 0 Å². The molecular formula is C40H26. The van der Waals surface area contributed by atoms with Crippen molar-refractivity contribution >= 4 is 43.1 Å². The Labute approximate surface area is 233 Å². The standard InChI is InChI=1S/C40H26/c1-2-14-29(15-3-1)38-32-17-7-6-13-28(32)24-25-37(38)40-35-20-10-8-18-33(35)39(34-19-9-11-21-36(34)40)31-23-22-27-12-4-5-16-30(27)26-31/h1-26H. The van der Waals surface area contributed by atoms with Crippen LogP contribution in [0.5, 0.6) is 0 Å². The van der Waals surface area contributed by atoms with E-state index in [1.165, 1.54) is 76.5 Å². The summed E-state index contributed by atoms with van der Waals surface area (Å²) in [5.41, 5.74) is 7.62. The van der Waals surface area contributed by atoms with Gasteiger partial charge in [0.2, 0.25) is 0 Å². The van der Waals surface area contributed by atoms with Gasteiger partial charge in [-0.1, -0.05) is 152 Å². The first-order chi connectivity index (χ1) is 19.9. The maximum atomic E-state index is 2.34. The number of hydrogen-bond donors (Lipinski definition) is 0. The van der Waals surface area contributed by atoms with Crippen molar-refractivity contribution in [3.05, 3.63) is 158 Å². The maximum absolute atomic E-state index is 2.34. The molecule has 0 nitrogen and oxygen atoms in total. The third kappa shape index (κ3) is 3.54. The van der Waals surface area contributed by atoms with E-state index in [9.17, 15) is 0 Å². The van der Waals surface area contributed by atoms with Crippen LogP contribution in [-0.4, -0.2) is 0 Å². The zero-order chi connectivity index (χ0) is 26.5. The van der Waals surface area contributed by atoms with Gasteiger partial charge >= 0.3 is 0 Å². The summed E-state index contributed by atoms with van der Waals surface area (Å²) < 4.78 is 0. The molecule has 8 aromatic rings. The number of benzene rings is 8. The van der Waals surface area contributed by atoms with Gasteiger partial charge in [0.05, 0.1) is 0 Å². The van der Waals surface area contributed by atoms with Gasteiger partial charge in [-0.25, -0.2) is 0 Å². The minimum Gasteiger partial charge on any atom is -0.0622 e. The van der Waals surface area contributed by atoms with Gasteiger partial charge in [-0.3, -0.25) is 0 Å². The summed E-state index contributed by atoms with van der Waals surface area (Å²) >= 11 is 0. The Kier molecular flexibility index (Phi) is 5.24. The van der Waals surface area contributed by atoms with Gasteiger partial charge in [0.15, 0.2) is 0 Å². The van der Waals surface area contributed by atoms with Gasteiger partial charge in [-0.2, -0.15) is 0 Å². The lowest BCUT2D eigenvalue weighted by Gasteiger charge is -2.21. The van der Waals surface area contributed by atoms with Crippen molar-refractivity contribution in [3.8, 4) is 33.4 Å². The van der Waals surface area contributed by atoms with Crippen LogP contribution >= 0.6 is 0 Å². The van der Waals surface area contributed by atoms with E-state index in [0.717, 1.165) is 0 Å². The predicted molar refractivity (Wildman–Crippen MR) is 173 cm³/mol. The molecule has 0 bridgehead atoms. The molecule has 0 aliphatic heterocycles. The van der Waals surface area contributed by atoms with Gasteiger partial charge in [0.25, 0.3) is 0 Å². The van der Waals surface area contributed by atoms with Crippen LogP contribution in [0.25, 0.3) is 76.5 Å². The first-order valence-electron chi connectivity index (χ1n) is 13.9. The first kappa shape index (κ1) is 22.8. The third-order valence-corrected chi connectivity index (χ3v) is 8.23. The normalized spacial score (nSPS) is 11.5. The van der Waals surface area contributed by atoms with Crippen molar-refractivity contribution < 1.29 is 0 Å². The highest BCUT2D eigenvalue weighted by molar-refractivity contribution is 6.24. The zero-order valence-electron chi connectivity index (χ0n) is 22.0. The molecule has 186 valence electrons. The Morgan fingerprint density at radius 3 is 1.43 bits per heavy atom. The van der Waals surface area contributed by atoms with Gasteiger partial charge < -0.3 is 0 Å². The fraction of sp³-hybridized carbons (Fsp3) is 0. The average Bonchev–Trinajstić information content (AvgIpc) is 3.03. The van der Waals surface area contributed by atoms with Crippen molar-refractivity contribution in [2.24, 2.45) is 0 Å². The second kappa shape index (κ2) is 9.22. The van der Waals surface area contributed by atoms with E-state index in [4.69, 9.17) is 0 Å². The van der Waals surface area contributed by atoms with Gasteiger partial charge in [-0.05, 0) is 82.5 Å². The van der Waals surface area contributed by atoms with Gasteiger partial charge in [0, 0.05) is 0 Å². The predicted octanol–water partition coefficient (Wildman–Crippen LogP) is 11.3. The molecule has 0 N–H and O–H groups in total. The van der Waals surface area contributed by atoms with Crippen LogP contribution < -0.4 is 0 Å². The molecule has 0 heteroatoms. The topological polar surface area (TPSA) is 0 Å². The van der Waals surface area contributed by atoms with Crippen LogP contribution in [0.1, 0.15) is 0 Å². The van der Waals surface area contributed by atoms with E-state index in [1.807, 2.05) is 0 Å². The van der Waals surface area contributed by atoms with Crippen molar-refractivity contribution in [1.82, 2.24) is 0 Å². The van der Waals surface area contributed by atoms with Crippen molar-refractivity contribution in [3.63, 3.8) is 0 Å². The molecule has 0 saturated heterocycles. The van der Waals surface area contributed by atoms with Crippen LogP contribution in [0.2, 0.25) is 0 Å². The second-order valence-corrected chi connectivity index (χ2v) is 10.5. The van der Waals surface area contributed by atoms with Crippen LogP contribution in [0.3, 0.4) is 0 Å². The Morgan fingerprint density at radius 1 is 0.250 bits per heavy atom. The van der Waals surface area contributed by atoms with E-state index in [0.29, 0.717) is 0 Å². The summed E-state index contributed by atoms with van der Waals surface area (Å²) in [5.74, 6) is 0. The van der Waals surface area contributed by atoms with E-state index in [1.54, 1.807) is 0 Å². The van der Waals surface area contributed by atoms with Crippen molar-refractivity contribution in [1.29, 1.82) is 0 Å². The molecule has 0 unspecified atom stereocenters. The molecular weight excluding hydrogens is 480 g/mol. The number of fused-ring (bicyclic) bond motifs is 4.